The van der Waals surface area contributed by atoms with Crippen LogP contribution in [0, 0.1) is 0 Å². The van der Waals surface area contributed by atoms with Crippen molar-refractivity contribution in [1.82, 2.24) is 19.7 Å². The molecule has 2 aromatic carbocycles. The smallest absolute Gasteiger partial charge is 0.406 e. The number of nitrogens with zero attached hydrogens (tertiary/aromatic N) is 3. The first-order valence-electron chi connectivity index (χ1n) is 14.5. The second kappa shape index (κ2) is 13.3. The fourth-order valence-corrected chi connectivity index (χ4v) is 5.36. The summed E-state index contributed by atoms with van der Waals surface area (Å²) in [5.74, 6) is -3.55. The minimum atomic E-state index is -5.37. The van der Waals surface area contributed by atoms with Crippen molar-refractivity contribution in [2.45, 2.75) is 57.9 Å². The molecule has 1 aliphatic rings. The Hall–Kier alpha value is -4.53. The van der Waals surface area contributed by atoms with Crippen molar-refractivity contribution in [2.75, 3.05) is 27.2 Å². The molecule has 0 saturated carbocycles. The van der Waals surface area contributed by atoms with Crippen LogP contribution in [0.5, 0.6) is 5.75 Å². The zero-order chi connectivity index (χ0) is 34.9. The molecule has 15 heteroatoms. The van der Waals surface area contributed by atoms with Gasteiger partial charge >= 0.3 is 24.6 Å². The summed E-state index contributed by atoms with van der Waals surface area (Å²) in [7, 11) is 3.82. The van der Waals surface area contributed by atoms with E-state index in [2.05, 4.69) is 14.8 Å². The van der Waals surface area contributed by atoms with E-state index in [-0.39, 0.29) is 25.2 Å². The molecule has 0 fully saturated rings. The first kappa shape index (κ1) is 35.3. The van der Waals surface area contributed by atoms with Gasteiger partial charge in [0.05, 0.1) is 6.04 Å². The van der Waals surface area contributed by atoms with Crippen LogP contribution in [0.3, 0.4) is 0 Å². The van der Waals surface area contributed by atoms with Crippen LogP contribution in [0.2, 0.25) is 0 Å². The monoisotopic (exact) mass is 668 g/mol. The van der Waals surface area contributed by atoms with Crippen LogP contribution in [-0.2, 0) is 16.1 Å². The topological polar surface area (TPSA) is 93.1 Å². The van der Waals surface area contributed by atoms with Crippen LogP contribution in [0.1, 0.15) is 49.3 Å². The number of esters is 1. The molecule has 2 heterocycles. The van der Waals surface area contributed by atoms with E-state index >= 15 is 0 Å². The first-order valence-corrected chi connectivity index (χ1v) is 14.5. The van der Waals surface area contributed by atoms with Gasteiger partial charge in [-0.25, -0.2) is 9.59 Å². The number of nitrogens with one attached hydrogen (secondary N) is 1. The normalized spacial score (nSPS) is 15.2. The van der Waals surface area contributed by atoms with Crippen LogP contribution in [0.4, 0.5) is 31.1 Å². The molecule has 47 heavy (non-hydrogen) atoms. The Morgan fingerprint density at radius 1 is 0.979 bits per heavy atom. The van der Waals surface area contributed by atoms with Crippen molar-refractivity contribution in [3.8, 4) is 28.0 Å². The van der Waals surface area contributed by atoms with Gasteiger partial charge in [0, 0.05) is 42.5 Å². The molecule has 9 nitrogen and oxygen atoms in total. The second-order valence-corrected chi connectivity index (χ2v) is 12.3. The van der Waals surface area contributed by atoms with Gasteiger partial charge in [0.2, 0.25) is 0 Å². The Morgan fingerprint density at radius 3 is 2.21 bits per heavy atom. The molecule has 0 aliphatic carbocycles. The number of carbonyl (C=O) groups excluding carboxylic acids is 3. The van der Waals surface area contributed by atoms with Crippen LogP contribution >= 0.6 is 0 Å². The Kier molecular flexibility index (Phi) is 9.99. The molecular formula is C32H34F6N4O5. The lowest BCUT2D eigenvalue weighted by Crippen LogP contribution is -2.49. The van der Waals surface area contributed by atoms with Crippen molar-refractivity contribution >= 4 is 18.0 Å². The van der Waals surface area contributed by atoms with Gasteiger partial charge in [-0.05, 0) is 70.1 Å². The van der Waals surface area contributed by atoms with Crippen LogP contribution in [0.15, 0.2) is 54.7 Å². The quantitative estimate of drug-likeness (QED) is 0.162. The van der Waals surface area contributed by atoms with Crippen LogP contribution < -0.4 is 10.1 Å². The average molecular weight is 669 g/mol. The highest BCUT2D eigenvalue weighted by Crippen LogP contribution is 2.41. The summed E-state index contributed by atoms with van der Waals surface area (Å²) in [5.41, 5.74) is 1.95. The van der Waals surface area contributed by atoms with Gasteiger partial charge in [0.25, 0.3) is 5.91 Å². The number of amides is 2. The largest absolute Gasteiger partial charge is 0.573 e. The van der Waals surface area contributed by atoms with E-state index in [0.29, 0.717) is 28.8 Å². The summed E-state index contributed by atoms with van der Waals surface area (Å²) in [6, 6.07) is 12.1. The van der Waals surface area contributed by atoms with E-state index < -0.39 is 47.8 Å². The number of aromatic nitrogens is 1. The van der Waals surface area contributed by atoms with Crippen molar-refractivity contribution < 1.29 is 50.2 Å². The molecule has 0 saturated heterocycles. The molecule has 0 unspecified atom stereocenters. The average Bonchev–Trinajstić information content (AvgIpc) is 3.34. The molecule has 1 atom stereocenters. The van der Waals surface area contributed by atoms with E-state index in [0.717, 1.165) is 16.5 Å². The number of hydrogen-bond acceptors (Lipinski definition) is 6. The van der Waals surface area contributed by atoms with Gasteiger partial charge in [0.15, 0.2) is 0 Å². The Morgan fingerprint density at radius 2 is 1.64 bits per heavy atom. The number of benzene rings is 2. The standard InChI is InChI=1S/C32H34F6N4O5/c1-30(2,3)42(29(45)46-28(44)31(33,34)35)14-13-22-16-39-27(43)26-25(20-11-9-19(10-12-20)17-40(4)5)24(18-41(22)26)21-7-6-8-23(15-21)47-32(36,37)38/h6-12,15,18,22H,13-14,16-17H2,1-5H3,(H,39,43)/t22-/m0/s1. The predicted octanol–water partition coefficient (Wildman–Crippen LogP) is 6.78. The molecule has 3 aromatic rings. The zero-order valence-corrected chi connectivity index (χ0v) is 26.3. The number of halogens is 6. The van der Waals surface area contributed by atoms with Crippen molar-refractivity contribution in [1.29, 1.82) is 0 Å². The second-order valence-electron chi connectivity index (χ2n) is 12.3. The SMILES string of the molecule is CN(C)Cc1ccc(-c2c(-c3cccc(OC(F)(F)F)c3)cn3c2C(=O)NC[C@@H]3CCN(C(=O)OC(=O)C(F)(F)F)C(C)(C)C)cc1. The third-order valence-corrected chi connectivity index (χ3v) is 7.39. The lowest BCUT2D eigenvalue weighted by atomic mass is 9.95. The fourth-order valence-electron chi connectivity index (χ4n) is 5.36. The van der Waals surface area contributed by atoms with E-state index in [1.165, 1.54) is 12.1 Å². The summed E-state index contributed by atoms with van der Waals surface area (Å²) in [6.45, 7) is 5.23. The summed E-state index contributed by atoms with van der Waals surface area (Å²) >= 11 is 0. The highest BCUT2D eigenvalue weighted by molar-refractivity contribution is 6.05. The number of hydrogen-bond donors (Lipinski definition) is 1. The van der Waals surface area contributed by atoms with Crippen molar-refractivity contribution in [3.05, 3.63) is 66.0 Å². The minimum Gasteiger partial charge on any atom is -0.406 e. The maximum Gasteiger partial charge on any atom is 0.573 e. The third-order valence-electron chi connectivity index (χ3n) is 7.39. The number of carbonyl (C=O) groups is 3. The van der Waals surface area contributed by atoms with E-state index in [1.54, 1.807) is 49.7 Å². The lowest BCUT2D eigenvalue weighted by molar-refractivity contribution is -0.274. The molecule has 1 N–H and O–H groups in total. The molecule has 1 aromatic heterocycles. The lowest BCUT2D eigenvalue weighted by Gasteiger charge is -2.36. The highest BCUT2D eigenvalue weighted by Gasteiger charge is 2.44. The molecule has 0 bridgehead atoms. The van der Waals surface area contributed by atoms with E-state index in [4.69, 9.17) is 0 Å². The number of alkyl halides is 6. The van der Waals surface area contributed by atoms with Gasteiger partial charge in [-0.3, -0.25) is 4.79 Å². The van der Waals surface area contributed by atoms with Crippen molar-refractivity contribution in [2.24, 2.45) is 0 Å². The molecule has 0 spiro atoms. The number of fused-ring (bicyclic) bond motifs is 1. The van der Waals surface area contributed by atoms with Gasteiger partial charge in [-0.1, -0.05) is 36.4 Å². The van der Waals surface area contributed by atoms with Gasteiger partial charge in [-0.2, -0.15) is 13.2 Å². The summed E-state index contributed by atoms with van der Waals surface area (Å²) < 4.78 is 87.5. The molecule has 2 amide bonds. The maximum atomic E-state index is 13.4. The number of ether oxygens (including phenoxy) is 2. The van der Waals surface area contributed by atoms with Crippen LogP contribution in [-0.4, -0.2) is 77.6 Å². The number of rotatable bonds is 8. The molecule has 4 rings (SSSR count). The molecular weight excluding hydrogens is 634 g/mol. The summed E-state index contributed by atoms with van der Waals surface area (Å²) in [6.07, 6.45) is -10.0. The first-order chi connectivity index (χ1) is 21.7. The Labute approximate surface area is 267 Å². The summed E-state index contributed by atoms with van der Waals surface area (Å²) in [4.78, 5) is 40.4. The Bertz CT molecular complexity index is 1620. The molecule has 254 valence electrons. The fraction of sp³-hybridized carbons (Fsp3) is 0.406. The highest BCUT2D eigenvalue weighted by atomic mass is 19.4. The summed E-state index contributed by atoms with van der Waals surface area (Å²) in [5, 5.41) is 2.81. The predicted molar refractivity (Wildman–Crippen MR) is 159 cm³/mol. The molecule has 1 aliphatic heterocycles. The van der Waals surface area contributed by atoms with Crippen molar-refractivity contribution in [3.63, 3.8) is 0 Å². The van der Waals surface area contributed by atoms with Gasteiger partial charge in [0.1, 0.15) is 11.4 Å². The van der Waals surface area contributed by atoms with E-state index in [1.807, 2.05) is 31.1 Å². The van der Waals surface area contributed by atoms with E-state index in [9.17, 15) is 40.7 Å². The van der Waals surface area contributed by atoms with Crippen LogP contribution in [0.25, 0.3) is 22.3 Å². The third kappa shape index (κ3) is 8.64. The molecule has 0 radical (unpaired) electrons. The zero-order valence-electron chi connectivity index (χ0n) is 26.3. The maximum absolute atomic E-state index is 13.4. The van der Waals surface area contributed by atoms with Gasteiger partial charge < -0.3 is 29.2 Å². The Balaban J connectivity index is 1.77. The van der Waals surface area contributed by atoms with Gasteiger partial charge in [-0.15, -0.1) is 13.2 Å². The minimum absolute atomic E-state index is 0.0763.